The van der Waals surface area contributed by atoms with E-state index in [0.29, 0.717) is 0 Å². The van der Waals surface area contributed by atoms with Gasteiger partial charge in [0.05, 0.1) is 22.1 Å². The first-order valence-corrected chi connectivity index (χ1v) is 6.67. The average molecular weight is 326 g/mol. The first-order valence-electron chi connectivity index (χ1n) is 6.29. The Labute approximate surface area is 132 Å². The molecule has 0 fully saturated rings. The Balaban J connectivity index is 2.75. The standard InChI is InChI=1S/C14H16ClN3O4/c1-14(2,3)22-13(19)17-6-4-5-9-7-12(18(20)21)11(16)8-10(9)15/h7-8H,6,16H2,1-3H3,(H,17,19). The fourth-order valence-electron chi connectivity index (χ4n) is 1.40. The van der Waals surface area contributed by atoms with E-state index < -0.39 is 16.6 Å². The number of amides is 1. The Kier molecular flexibility index (Phi) is 5.60. The van der Waals surface area contributed by atoms with E-state index in [9.17, 15) is 14.9 Å². The van der Waals surface area contributed by atoms with Crippen molar-refractivity contribution >= 4 is 29.1 Å². The van der Waals surface area contributed by atoms with Crippen molar-refractivity contribution in [2.24, 2.45) is 0 Å². The zero-order chi connectivity index (χ0) is 16.9. The van der Waals surface area contributed by atoms with Crippen LogP contribution in [-0.4, -0.2) is 23.2 Å². The number of nitro benzene ring substituents is 1. The number of halogens is 1. The van der Waals surface area contributed by atoms with Crippen molar-refractivity contribution < 1.29 is 14.5 Å². The molecule has 0 atom stereocenters. The summed E-state index contributed by atoms with van der Waals surface area (Å²) in [7, 11) is 0. The summed E-state index contributed by atoms with van der Waals surface area (Å²) in [6, 6.07) is 2.46. The maximum atomic E-state index is 11.4. The summed E-state index contributed by atoms with van der Waals surface area (Å²) < 4.78 is 5.03. The summed E-state index contributed by atoms with van der Waals surface area (Å²) in [6.45, 7) is 5.24. The van der Waals surface area contributed by atoms with Crippen molar-refractivity contribution in [3.63, 3.8) is 0 Å². The predicted molar refractivity (Wildman–Crippen MR) is 83.6 cm³/mol. The van der Waals surface area contributed by atoms with E-state index in [1.807, 2.05) is 0 Å². The minimum atomic E-state index is -0.615. The minimum absolute atomic E-state index is 0.0173. The van der Waals surface area contributed by atoms with Crippen LogP contribution >= 0.6 is 11.6 Å². The maximum Gasteiger partial charge on any atom is 0.408 e. The zero-order valence-corrected chi connectivity index (χ0v) is 13.2. The number of anilines is 1. The van der Waals surface area contributed by atoms with Crippen LogP contribution in [0.2, 0.25) is 5.02 Å². The highest BCUT2D eigenvalue weighted by Gasteiger charge is 2.15. The molecule has 118 valence electrons. The lowest BCUT2D eigenvalue weighted by molar-refractivity contribution is -0.383. The molecule has 0 radical (unpaired) electrons. The molecule has 3 N–H and O–H groups in total. The fourth-order valence-corrected chi connectivity index (χ4v) is 1.62. The van der Waals surface area contributed by atoms with Gasteiger partial charge in [0, 0.05) is 6.07 Å². The van der Waals surface area contributed by atoms with E-state index in [1.165, 1.54) is 12.1 Å². The SMILES string of the molecule is CC(C)(C)OC(=O)NCC#Cc1cc([N+](=O)[O-])c(N)cc1Cl. The van der Waals surface area contributed by atoms with Gasteiger partial charge in [-0.3, -0.25) is 10.1 Å². The first-order chi connectivity index (χ1) is 10.1. The Hall–Kier alpha value is -2.46. The van der Waals surface area contributed by atoms with Gasteiger partial charge in [-0.25, -0.2) is 4.79 Å². The normalized spacial score (nSPS) is 10.4. The summed E-state index contributed by atoms with van der Waals surface area (Å²) in [4.78, 5) is 21.6. The van der Waals surface area contributed by atoms with Crippen LogP contribution < -0.4 is 11.1 Å². The number of nitrogens with two attached hydrogens (primary N) is 1. The summed E-state index contributed by atoms with van der Waals surface area (Å²) in [5, 5.41) is 13.4. The number of alkyl carbamates (subject to hydrolysis) is 1. The number of carbonyl (C=O) groups excluding carboxylic acids is 1. The van der Waals surface area contributed by atoms with Crippen molar-refractivity contribution in [3.8, 4) is 11.8 Å². The van der Waals surface area contributed by atoms with Gasteiger partial charge in [-0.2, -0.15) is 0 Å². The van der Waals surface area contributed by atoms with Crippen molar-refractivity contribution in [3.05, 3.63) is 32.8 Å². The van der Waals surface area contributed by atoms with Crippen LogP contribution in [0, 0.1) is 22.0 Å². The molecular weight excluding hydrogens is 310 g/mol. The average Bonchev–Trinajstić information content (AvgIpc) is 2.33. The van der Waals surface area contributed by atoms with E-state index in [4.69, 9.17) is 22.1 Å². The van der Waals surface area contributed by atoms with Crippen LogP contribution in [0.15, 0.2) is 12.1 Å². The number of nitrogens with one attached hydrogen (secondary N) is 1. The highest BCUT2D eigenvalue weighted by Crippen LogP contribution is 2.28. The summed E-state index contributed by atoms with van der Waals surface area (Å²) in [5.74, 6) is 5.28. The molecule has 1 aromatic carbocycles. The summed E-state index contributed by atoms with van der Waals surface area (Å²) in [6.07, 6.45) is -0.601. The van der Waals surface area contributed by atoms with E-state index >= 15 is 0 Å². The van der Waals surface area contributed by atoms with Gasteiger partial charge >= 0.3 is 6.09 Å². The molecule has 0 bridgehead atoms. The minimum Gasteiger partial charge on any atom is -0.444 e. The second-order valence-corrected chi connectivity index (χ2v) is 5.71. The zero-order valence-electron chi connectivity index (χ0n) is 12.4. The Bertz CT molecular complexity index is 657. The molecule has 22 heavy (non-hydrogen) atoms. The molecule has 8 heteroatoms. The molecule has 1 amide bonds. The van der Waals surface area contributed by atoms with E-state index in [0.717, 1.165) is 0 Å². The maximum absolute atomic E-state index is 11.4. The third-order valence-corrected chi connectivity index (χ3v) is 2.57. The van der Waals surface area contributed by atoms with Gasteiger partial charge < -0.3 is 15.8 Å². The Morgan fingerprint density at radius 3 is 2.68 bits per heavy atom. The molecule has 0 saturated heterocycles. The largest absolute Gasteiger partial charge is 0.444 e. The second kappa shape index (κ2) is 7.00. The monoisotopic (exact) mass is 325 g/mol. The molecule has 0 aromatic heterocycles. The molecule has 7 nitrogen and oxygen atoms in total. The van der Waals surface area contributed by atoms with Crippen LogP contribution in [0.4, 0.5) is 16.2 Å². The molecule has 0 unspecified atom stereocenters. The Morgan fingerprint density at radius 1 is 1.50 bits per heavy atom. The molecule has 0 aliphatic heterocycles. The van der Waals surface area contributed by atoms with Gasteiger partial charge in [0.1, 0.15) is 11.3 Å². The van der Waals surface area contributed by atoms with Crippen LogP contribution in [0.25, 0.3) is 0 Å². The summed E-state index contributed by atoms with van der Waals surface area (Å²) >= 11 is 5.92. The van der Waals surface area contributed by atoms with E-state index in [-0.39, 0.29) is 28.5 Å². The van der Waals surface area contributed by atoms with Crippen LogP contribution in [0.5, 0.6) is 0 Å². The van der Waals surface area contributed by atoms with Crippen molar-refractivity contribution in [1.29, 1.82) is 0 Å². The first kappa shape index (κ1) is 17.6. The highest BCUT2D eigenvalue weighted by atomic mass is 35.5. The van der Waals surface area contributed by atoms with Crippen molar-refractivity contribution in [2.75, 3.05) is 12.3 Å². The molecule has 0 saturated carbocycles. The second-order valence-electron chi connectivity index (χ2n) is 5.31. The number of carbonyl (C=O) groups is 1. The Morgan fingerprint density at radius 2 is 2.14 bits per heavy atom. The molecule has 1 rings (SSSR count). The number of hydrogen-bond acceptors (Lipinski definition) is 5. The van der Waals surface area contributed by atoms with Crippen LogP contribution in [-0.2, 0) is 4.74 Å². The molecule has 0 aliphatic carbocycles. The lowest BCUT2D eigenvalue weighted by Gasteiger charge is -2.19. The van der Waals surface area contributed by atoms with Crippen molar-refractivity contribution in [2.45, 2.75) is 26.4 Å². The quantitative estimate of drug-likeness (QED) is 0.376. The third kappa shape index (κ3) is 5.50. The van der Waals surface area contributed by atoms with Gasteiger partial charge in [0.15, 0.2) is 0 Å². The predicted octanol–water partition coefficient (Wildman–Crippen LogP) is 2.71. The van der Waals surface area contributed by atoms with Crippen molar-refractivity contribution in [1.82, 2.24) is 5.32 Å². The van der Waals surface area contributed by atoms with Gasteiger partial charge in [-0.15, -0.1) is 0 Å². The molecule has 1 aromatic rings. The van der Waals surface area contributed by atoms with Crippen LogP contribution in [0.1, 0.15) is 26.3 Å². The highest BCUT2D eigenvalue weighted by molar-refractivity contribution is 6.32. The van der Waals surface area contributed by atoms with Gasteiger partial charge in [0.2, 0.25) is 0 Å². The number of rotatable bonds is 2. The lowest BCUT2D eigenvalue weighted by Crippen LogP contribution is -2.32. The number of hydrogen-bond donors (Lipinski definition) is 2. The van der Waals surface area contributed by atoms with Gasteiger partial charge in [-0.1, -0.05) is 23.4 Å². The smallest absolute Gasteiger partial charge is 0.408 e. The van der Waals surface area contributed by atoms with Gasteiger partial charge in [-0.05, 0) is 26.8 Å². The summed E-state index contributed by atoms with van der Waals surface area (Å²) in [5.41, 5.74) is 4.85. The third-order valence-electron chi connectivity index (χ3n) is 2.26. The number of ether oxygens (including phenoxy) is 1. The molecule has 0 heterocycles. The topological polar surface area (TPSA) is 107 Å². The fraction of sp³-hybridized carbons (Fsp3) is 0.357. The number of nitro groups is 1. The number of benzene rings is 1. The number of nitrogens with zero attached hydrogens (tertiary/aromatic N) is 1. The van der Waals surface area contributed by atoms with E-state index in [2.05, 4.69) is 17.2 Å². The molecule has 0 aliphatic rings. The lowest BCUT2D eigenvalue weighted by atomic mass is 10.2. The molecular formula is C14H16ClN3O4. The molecule has 0 spiro atoms. The number of nitrogen functional groups attached to an aromatic ring is 1. The van der Waals surface area contributed by atoms with Gasteiger partial charge in [0.25, 0.3) is 5.69 Å². The van der Waals surface area contributed by atoms with Crippen LogP contribution in [0.3, 0.4) is 0 Å². The van der Waals surface area contributed by atoms with E-state index in [1.54, 1.807) is 20.8 Å².